The van der Waals surface area contributed by atoms with E-state index >= 15 is 0 Å². The van der Waals surface area contributed by atoms with E-state index in [4.69, 9.17) is 9.47 Å². The Balaban J connectivity index is 1.42. The molecule has 0 atom stereocenters. The van der Waals surface area contributed by atoms with E-state index < -0.39 is 0 Å². The van der Waals surface area contributed by atoms with Crippen LogP contribution in [-0.4, -0.2) is 36.6 Å². The Kier molecular flexibility index (Phi) is 5.36. The van der Waals surface area contributed by atoms with Crippen LogP contribution >= 0.6 is 0 Å². The van der Waals surface area contributed by atoms with Gasteiger partial charge in [-0.05, 0) is 31.2 Å². The van der Waals surface area contributed by atoms with Crippen molar-refractivity contribution in [2.75, 3.05) is 19.7 Å². The topological polar surface area (TPSA) is 38.8 Å². The Morgan fingerprint density at radius 3 is 2.33 bits per heavy atom. The average Bonchev–Trinajstić information content (AvgIpc) is 2.62. The van der Waals surface area contributed by atoms with Crippen LogP contribution in [0.15, 0.2) is 54.6 Å². The van der Waals surface area contributed by atoms with Crippen LogP contribution in [0.1, 0.15) is 18.4 Å². The molecule has 1 aliphatic rings. The first-order valence-electron chi connectivity index (χ1n) is 8.39. The van der Waals surface area contributed by atoms with Gasteiger partial charge in [0.25, 0.3) is 5.91 Å². The maximum Gasteiger partial charge on any atom is 0.260 e. The van der Waals surface area contributed by atoms with Gasteiger partial charge in [0.2, 0.25) is 0 Å². The Labute approximate surface area is 143 Å². The molecule has 4 nitrogen and oxygen atoms in total. The van der Waals surface area contributed by atoms with Gasteiger partial charge in [0.15, 0.2) is 6.61 Å². The minimum absolute atomic E-state index is 0.0359. The van der Waals surface area contributed by atoms with Gasteiger partial charge in [-0.25, -0.2) is 0 Å². The second kappa shape index (κ2) is 7.86. The van der Waals surface area contributed by atoms with E-state index in [1.54, 1.807) is 0 Å². The summed E-state index contributed by atoms with van der Waals surface area (Å²) in [6, 6.07) is 17.6. The van der Waals surface area contributed by atoms with Gasteiger partial charge in [-0.2, -0.15) is 0 Å². The van der Waals surface area contributed by atoms with Crippen LogP contribution < -0.4 is 9.47 Å². The van der Waals surface area contributed by atoms with Gasteiger partial charge in [-0.15, -0.1) is 0 Å². The van der Waals surface area contributed by atoms with Crippen LogP contribution in [-0.2, 0) is 4.79 Å². The number of carbonyl (C=O) groups excluding carboxylic acids is 1. The highest BCUT2D eigenvalue weighted by molar-refractivity contribution is 5.77. The van der Waals surface area contributed by atoms with Crippen molar-refractivity contribution in [1.29, 1.82) is 0 Å². The van der Waals surface area contributed by atoms with E-state index in [0.717, 1.165) is 24.3 Å². The number of aryl methyl sites for hydroxylation is 1. The molecule has 1 saturated heterocycles. The molecule has 2 aromatic carbocycles. The molecule has 0 N–H and O–H groups in total. The number of amides is 1. The number of para-hydroxylation sites is 1. The Bertz CT molecular complexity index is 646. The molecule has 0 unspecified atom stereocenters. The van der Waals surface area contributed by atoms with Crippen molar-refractivity contribution in [1.82, 2.24) is 4.90 Å². The lowest BCUT2D eigenvalue weighted by Crippen LogP contribution is -2.43. The lowest BCUT2D eigenvalue weighted by atomic mass is 10.1. The van der Waals surface area contributed by atoms with Crippen molar-refractivity contribution in [3.63, 3.8) is 0 Å². The van der Waals surface area contributed by atoms with E-state index in [1.807, 2.05) is 66.4 Å². The molecule has 1 heterocycles. The van der Waals surface area contributed by atoms with Crippen LogP contribution in [0.3, 0.4) is 0 Å². The molecule has 0 spiro atoms. The molecule has 1 amide bonds. The van der Waals surface area contributed by atoms with Crippen LogP contribution in [0, 0.1) is 6.92 Å². The summed E-state index contributed by atoms with van der Waals surface area (Å²) in [6.07, 6.45) is 1.88. The fraction of sp³-hybridized carbons (Fsp3) is 0.350. The molecular weight excluding hydrogens is 302 g/mol. The zero-order valence-corrected chi connectivity index (χ0v) is 14.0. The molecule has 0 bridgehead atoms. The smallest absolute Gasteiger partial charge is 0.260 e. The third-order valence-electron chi connectivity index (χ3n) is 4.22. The number of carbonyl (C=O) groups is 1. The first-order valence-corrected chi connectivity index (χ1v) is 8.39. The average molecular weight is 325 g/mol. The van der Waals surface area contributed by atoms with Crippen molar-refractivity contribution in [3.8, 4) is 11.5 Å². The Morgan fingerprint density at radius 2 is 1.67 bits per heavy atom. The van der Waals surface area contributed by atoms with Crippen LogP contribution in [0.4, 0.5) is 0 Å². The first kappa shape index (κ1) is 16.4. The molecule has 0 aliphatic carbocycles. The number of piperidine rings is 1. The number of likely N-dealkylation sites (tertiary alicyclic amines) is 1. The predicted octanol–water partition coefficient (Wildman–Crippen LogP) is 3.44. The minimum atomic E-state index is 0.0359. The van der Waals surface area contributed by atoms with Gasteiger partial charge in [0.1, 0.15) is 17.6 Å². The summed E-state index contributed by atoms with van der Waals surface area (Å²) in [5.74, 6) is 1.66. The largest absolute Gasteiger partial charge is 0.490 e. The van der Waals surface area contributed by atoms with Crippen molar-refractivity contribution >= 4 is 5.91 Å². The SMILES string of the molecule is Cc1ccc(OCC(=O)N2CCC(Oc3ccccc3)CC2)cc1. The Morgan fingerprint density at radius 1 is 1.00 bits per heavy atom. The van der Waals surface area contributed by atoms with E-state index in [-0.39, 0.29) is 18.6 Å². The Hall–Kier alpha value is -2.49. The van der Waals surface area contributed by atoms with E-state index in [0.29, 0.717) is 13.1 Å². The molecular formula is C20H23NO3. The van der Waals surface area contributed by atoms with Crippen molar-refractivity contribution in [2.45, 2.75) is 25.9 Å². The lowest BCUT2D eigenvalue weighted by Gasteiger charge is -2.32. The van der Waals surface area contributed by atoms with Crippen LogP contribution in [0.25, 0.3) is 0 Å². The van der Waals surface area contributed by atoms with Gasteiger partial charge in [0.05, 0.1) is 0 Å². The molecule has 0 saturated carbocycles. The normalized spacial score (nSPS) is 15.1. The molecule has 2 aromatic rings. The molecule has 0 aromatic heterocycles. The molecule has 24 heavy (non-hydrogen) atoms. The molecule has 0 radical (unpaired) electrons. The standard InChI is InChI=1S/C20H23NO3/c1-16-7-9-17(10-8-16)23-15-20(22)21-13-11-19(12-14-21)24-18-5-3-2-4-6-18/h2-10,19H,11-15H2,1H3. The summed E-state index contributed by atoms with van der Waals surface area (Å²) in [7, 11) is 0. The second-order valence-corrected chi connectivity index (χ2v) is 6.11. The fourth-order valence-corrected chi connectivity index (χ4v) is 2.79. The van der Waals surface area contributed by atoms with Crippen LogP contribution in [0.2, 0.25) is 0 Å². The summed E-state index contributed by atoms with van der Waals surface area (Å²) < 4.78 is 11.5. The highest BCUT2D eigenvalue weighted by Crippen LogP contribution is 2.19. The zero-order valence-electron chi connectivity index (χ0n) is 14.0. The number of ether oxygens (including phenoxy) is 2. The summed E-state index contributed by atoms with van der Waals surface area (Å²) in [6.45, 7) is 3.55. The quantitative estimate of drug-likeness (QED) is 0.845. The highest BCUT2D eigenvalue weighted by atomic mass is 16.5. The highest BCUT2D eigenvalue weighted by Gasteiger charge is 2.24. The molecule has 126 valence electrons. The van der Waals surface area contributed by atoms with Gasteiger partial charge in [-0.3, -0.25) is 4.79 Å². The van der Waals surface area contributed by atoms with Gasteiger partial charge in [0, 0.05) is 25.9 Å². The molecule has 1 fully saturated rings. The number of hydrogen-bond donors (Lipinski definition) is 0. The fourth-order valence-electron chi connectivity index (χ4n) is 2.79. The summed E-state index contributed by atoms with van der Waals surface area (Å²) in [4.78, 5) is 14.1. The summed E-state index contributed by atoms with van der Waals surface area (Å²) >= 11 is 0. The predicted molar refractivity (Wildman–Crippen MR) is 93.3 cm³/mol. The summed E-state index contributed by atoms with van der Waals surface area (Å²) in [5, 5.41) is 0. The van der Waals surface area contributed by atoms with Crippen molar-refractivity contribution in [3.05, 3.63) is 60.2 Å². The molecule has 3 rings (SSSR count). The minimum Gasteiger partial charge on any atom is -0.490 e. The van der Waals surface area contributed by atoms with E-state index in [9.17, 15) is 4.79 Å². The van der Waals surface area contributed by atoms with E-state index in [2.05, 4.69) is 0 Å². The van der Waals surface area contributed by atoms with Crippen molar-refractivity contribution in [2.24, 2.45) is 0 Å². The van der Waals surface area contributed by atoms with E-state index in [1.165, 1.54) is 5.56 Å². The molecule has 4 heteroatoms. The monoisotopic (exact) mass is 325 g/mol. The number of hydrogen-bond acceptors (Lipinski definition) is 3. The number of benzene rings is 2. The van der Waals surface area contributed by atoms with Gasteiger partial charge in [-0.1, -0.05) is 35.9 Å². The maximum atomic E-state index is 12.3. The summed E-state index contributed by atoms with van der Waals surface area (Å²) in [5.41, 5.74) is 1.18. The second-order valence-electron chi connectivity index (χ2n) is 6.11. The zero-order chi connectivity index (χ0) is 16.8. The van der Waals surface area contributed by atoms with Gasteiger partial charge < -0.3 is 14.4 Å². The third-order valence-corrected chi connectivity index (χ3v) is 4.22. The van der Waals surface area contributed by atoms with Gasteiger partial charge >= 0.3 is 0 Å². The number of rotatable bonds is 5. The van der Waals surface area contributed by atoms with Crippen molar-refractivity contribution < 1.29 is 14.3 Å². The maximum absolute atomic E-state index is 12.3. The van der Waals surface area contributed by atoms with Crippen LogP contribution in [0.5, 0.6) is 11.5 Å². The third kappa shape index (κ3) is 4.51. The lowest BCUT2D eigenvalue weighted by molar-refractivity contribution is -0.135. The molecule has 1 aliphatic heterocycles. The number of nitrogens with zero attached hydrogens (tertiary/aromatic N) is 1. The first-order chi connectivity index (χ1) is 11.7.